The van der Waals surface area contributed by atoms with E-state index < -0.39 is 16.5 Å². The van der Waals surface area contributed by atoms with Crippen LogP contribution in [0.3, 0.4) is 0 Å². The van der Waals surface area contributed by atoms with Crippen molar-refractivity contribution < 1.29 is 21.9 Å². The zero-order valence-corrected chi connectivity index (χ0v) is 21.9. The summed E-state index contributed by atoms with van der Waals surface area (Å²) < 4.78 is 33.9. The molecule has 0 aromatic rings. The van der Waals surface area contributed by atoms with Crippen LogP contribution in [-0.2, 0) is 19.4 Å². The van der Waals surface area contributed by atoms with E-state index in [1.807, 2.05) is 0 Å². The molecule has 1 unspecified atom stereocenters. The molecule has 0 rings (SSSR count). The Morgan fingerprint density at radius 2 is 1.21 bits per heavy atom. The molecule has 0 aliphatic carbocycles. The van der Waals surface area contributed by atoms with Gasteiger partial charge >= 0.3 is 10.4 Å². The smallest absolute Gasteiger partial charge is 0.353 e. The quantitative estimate of drug-likeness (QED) is 0.153. The predicted molar refractivity (Wildman–Crippen MR) is 120 cm³/mol. The number of carbonyl (C=O) groups excluding carboxylic acids is 1. The van der Waals surface area contributed by atoms with Crippen LogP contribution >= 0.6 is 0 Å². The number of rotatable bonds is 20. The van der Waals surface area contributed by atoms with Crippen LogP contribution in [0.4, 0.5) is 0 Å². The Morgan fingerprint density at radius 3 is 1.59 bits per heavy atom. The van der Waals surface area contributed by atoms with Crippen molar-refractivity contribution >= 4 is 45.9 Å². The molecule has 0 aromatic carbocycles. The molecule has 0 spiro atoms. The fourth-order valence-electron chi connectivity index (χ4n) is 3.24. The van der Waals surface area contributed by atoms with Crippen LogP contribution in [0.1, 0.15) is 117 Å². The molecule has 1 atom stereocenters. The monoisotopic (exact) mass is 444 g/mol. The van der Waals surface area contributed by atoms with E-state index in [1.165, 1.54) is 84.0 Å². The molecule has 2 N–H and O–H groups in total. The van der Waals surface area contributed by atoms with Crippen molar-refractivity contribution in [2.45, 2.75) is 123 Å². The standard InChI is InChI=1S/C21H43NO5S.Na/c1-3-4-5-6-7-8-9-10-11-12-13-14-15-16-17-18-21(23)22-19-20(2)27-28(24,25)26;/h20H,3-19H2,1-2H3,(H,22,23)(H,24,25,26);. The Kier molecular flexibility index (Phi) is 23.4. The first-order valence-electron chi connectivity index (χ1n) is 11.3. The molecule has 8 heteroatoms. The first-order chi connectivity index (χ1) is 13.3. The molecule has 169 valence electrons. The summed E-state index contributed by atoms with van der Waals surface area (Å²) in [7, 11) is -4.47. The molecular weight excluding hydrogens is 401 g/mol. The average molecular weight is 445 g/mol. The van der Waals surface area contributed by atoms with Gasteiger partial charge in [0.15, 0.2) is 0 Å². The molecule has 0 bridgehead atoms. The summed E-state index contributed by atoms with van der Waals surface area (Å²) in [5.41, 5.74) is 0. The molecule has 0 aliphatic heterocycles. The van der Waals surface area contributed by atoms with Crippen molar-refractivity contribution in [3.8, 4) is 0 Å². The van der Waals surface area contributed by atoms with Crippen molar-refractivity contribution in [1.29, 1.82) is 0 Å². The van der Waals surface area contributed by atoms with Gasteiger partial charge in [0.25, 0.3) is 0 Å². The number of amides is 1. The van der Waals surface area contributed by atoms with Crippen LogP contribution in [0.5, 0.6) is 0 Å². The largest absolute Gasteiger partial charge is 0.397 e. The van der Waals surface area contributed by atoms with Gasteiger partial charge in [0.2, 0.25) is 5.91 Å². The summed E-state index contributed by atoms with van der Waals surface area (Å²) in [5, 5.41) is 2.62. The van der Waals surface area contributed by atoms with E-state index in [4.69, 9.17) is 4.55 Å². The summed E-state index contributed by atoms with van der Waals surface area (Å²) in [4.78, 5) is 11.7. The molecule has 0 aliphatic rings. The van der Waals surface area contributed by atoms with Gasteiger partial charge in [-0.05, 0) is 13.3 Å². The van der Waals surface area contributed by atoms with Gasteiger partial charge in [-0.25, -0.2) is 4.18 Å². The van der Waals surface area contributed by atoms with E-state index in [9.17, 15) is 13.2 Å². The maximum Gasteiger partial charge on any atom is 0.397 e. The van der Waals surface area contributed by atoms with E-state index in [0.29, 0.717) is 6.42 Å². The minimum Gasteiger partial charge on any atom is -0.353 e. The molecule has 29 heavy (non-hydrogen) atoms. The molecule has 0 saturated carbocycles. The minimum absolute atomic E-state index is 0. The van der Waals surface area contributed by atoms with E-state index in [2.05, 4.69) is 16.4 Å². The SMILES string of the molecule is CCCCCCCCCCCCCCCCCC(=O)NCC(C)OS(=O)(=O)O.[Na]. The van der Waals surface area contributed by atoms with Crippen molar-refractivity contribution in [3.63, 3.8) is 0 Å². The van der Waals surface area contributed by atoms with Crippen LogP contribution in [0.2, 0.25) is 0 Å². The summed E-state index contributed by atoms with van der Waals surface area (Å²) in [5.74, 6) is -0.111. The summed E-state index contributed by atoms with van der Waals surface area (Å²) in [6.45, 7) is 3.80. The Labute approximate surface area is 201 Å². The second kappa shape index (κ2) is 21.6. The third kappa shape index (κ3) is 26.3. The van der Waals surface area contributed by atoms with Crippen LogP contribution < -0.4 is 5.32 Å². The predicted octanol–water partition coefficient (Wildman–Crippen LogP) is 5.19. The molecule has 0 heterocycles. The fourth-order valence-corrected chi connectivity index (χ4v) is 3.73. The zero-order valence-electron chi connectivity index (χ0n) is 19.1. The summed E-state index contributed by atoms with van der Waals surface area (Å²) in [6.07, 6.45) is 19.0. The minimum atomic E-state index is -4.47. The maximum atomic E-state index is 11.7. The molecule has 0 aromatic heterocycles. The van der Waals surface area contributed by atoms with E-state index in [1.54, 1.807) is 0 Å². The Morgan fingerprint density at radius 1 is 0.828 bits per heavy atom. The topological polar surface area (TPSA) is 92.7 Å². The van der Waals surface area contributed by atoms with Crippen molar-refractivity contribution in [2.75, 3.05) is 6.54 Å². The van der Waals surface area contributed by atoms with Crippen molar-refractivity contribution in [3.05, 3.63) is 0 Å². The second-order valence-electron chi connectivity index (χ2n) is 7.84. The van der Waals surface area contributed by atoms with Gasteiger partial charge in [0.1, 0.15) is 0 Å². The number of nitrogens with one attached hydrogen (secondary N) is 1. The molecule has 0 saturated heterocycles. The van der Waals surface area contributed by atoms with Crippen molar-refractivity contribution in [2.24, 2.45) is 0 Å². The second-order valence-corrected chi connectivity index (χ2v) is 8.89. The van der Waals surface area contributed by atoms with Gasteiger partial charge < -0.3 is 5.32 Å². The third-order valence-electron chi connectivity index (χ3n) is 4.88. The number of hydrogen-bond acceptors (Lipinski definition) is 4. The van der Waals surface area contributed by atoms with E-state index in [-0.39, 0.29) is 42.0 Å². The summed E-state index contributed by atoms with van der Waals surface area (Å²) in [6, 6.07) is 0. The van der Waals surface area contributed by atoms with Gasteiger partial charge in [0.05, 0.1) is 6.10 Å². The van der Waals surface area contributed by atoms with Crippen LogP contribution in [0.15, 0.2) is 0 Å². The number of hydrogen-bond donors (Lipinski definition) is 2. The molecule has 1 radical (unpaired) electrons. The van der Waals surface area contributed by atoms with E-state index in [0.717, 1.165) is 19.3 Å². The molecular formula is C21H43NNaO5S. The van der Waals surface area contributed by atoms with Gasteiger partial charge in [-0.15, -0.1) is 0 Å². The molecule has 6 nitrogen and oxygen atoms in total. The van der Waals surface area contributed by atoms with Crippen LogP contribution in [0, 0.1) is 0 Å². The van der Waals surface area contributed by atoms with Gasteiger partial charge in [-0.2, -0.15) is 8.42 Å². The Balaban J connectivity index is 0. The van der Waals surface area contributed by atoms with E-state index >= 15 is 0 Å². The fraction of sp³-hybridized carbons (Fsp3) is 0.952. The summed E-state index contributed by atoms with van der Waals surface area (Å²) >= 11 is 0. The maximum absolute atomic E-state index is 11.7. The number of carbonyl (C=O) groups is 1. The van der Waals surface area contributed by atoms with Gasteiger partial charge in [-0.3, -0.25) is 9.35 Å². The number of unbranched alkanes of at least 4 members (excludes halogenated alkanes) is 14. The molecule has 0 fully saturated rings. The first kappa shape index (κ1) is 31.5. The Hall–Kier alpha value is 0.340. The first-order valence-corrected chi connectivity index (χ1v) is 12.6. The van der Waals surface area contributed by atoms with Crippen LogP contribution in [0.25, 0.3) is 0 Å². The molecule has 1 amide bonds. The normalized spacial score (nSPS) is 12.4. The van der Waals surface area contributed by atoms with Gasteiger partial charge in [-0.1, -0.05) is 96.8 Å². The zero-order chi connectivity index (χ0) is 21.1. The third-order valence-corrected chi connectivity index (χ3v) is 5.45. The Bertz CT molecular complexity index is 474. The average Bonchev–Trinajstić information content (AvgIpc) is 2.62. The van der Waals surface area contributed by atoms with Gasteiger partial charge in [0, 0.05) is 42.5 Å². The van der Waals surface area contributed by atoms with Crippen molar-refractivity contribution in [1.82, 2.24) is 5.32 Å². The van der Waals surface area contributed by atoms with Crippen LogP contribution in [-0.4, -0.2) is 61.1 Å².